The number of aryl methyl sites for hydroxylation is 2. The normalized spacial score (nSPS) is 11.6. The predicted octanol–water partition coefficient (Wildman–Crippen LogP) is 2.96. The second-order valence-electron chi connectivity index (χ2n) is 8.58. The summed E-state index contributed by atoms with van der Waals surface area (Å²) in [5.74, 6) is -1.10. The molecule has 0 unspecified atom stereocenters. The van der Waals surface area contributed by atoms with Gasteiger partial charge in [-0.05, 0) is 55.5 Å². The molecule has 3 heterocycles. The smallest absolute Gasteiger partial charge is 0.366 e. The van der Waals surface area contributed by atoms with Gasteiger partial charge in [0.1, 0.15) is 5.82 Å². The number of alkyl halides is 3. The van der Waals surface area contributed by atoms with Crippen LogP contribution in [0.3, 0.4) is 0 Å². The predicted molar refractivity (Wildman–Crippen MR) is 133 cm³/mol. The first-order valence-electron chi connectivity index (χ1n) is 11.3. The highest BCUT2D eigenvalue weighted by Gasteiger charge is 2.33. The molecule has 0 aliphatic carbocycles. The zero-order valence-electron chi connectivity index (χ0n) is 20.4. The number of carbonyl (C=O) groups is 2. The number of anilines is 1. The number of halogens is 3. The Labute approximate surface area is 217 Å². The Bertz CT molecular complexity index is 1820. The van der Waals surface area contributed by atoms with E-state index in [0.29, 0.717) is 23.1 Å². The van der Waals surface area contributed by atoms with Crippen molar-refractivity contribution >= 4 is 23.1 Å². The topological polar surface area (TPSA) is 142 Å². The number of hydrogen-bond acceptors (Lipinski definition) is 6. The number of hydrogen-bond donors (Lipinski definition) is 2. The monoisotopic (exact) mass is 536 g/mol. The SMILES string of the molecule is Cc1nn(C)c(=O)n1-c1ccc(-c2nc3c(C(=O)Nc4cccc(C(N)=O)c4)cc(C(F)(F)F)cn3n2)cc1. The number of nitrogens with two attached hydrogens (primary N) is 1. The summed E-state index contributed by atoms with van der Waals surface area (Å²) in [5, 5.41) is 10.7. The number of benzene rings is 2. The summed E-state index contributed by atoms with van der Waals surface area (Å²) >= 11 is 0. The maximum atomic E-state index is 13.7. The number of rotatable bonds is 5. The van der Waals surface area contributed by atoms with Crippen molar-refractivity contribution in [3.8, 4) is 17.1 Å². The Morgan fingerprint density at radius 2 is 1.74 bits per heavy atom. The van der Waals surface area contributed by atoms with Crippen LogP contribution in [0.2, 0.25) is 0 Å². The lowest BCUT2D eigenvalue weighted by Crippen LogP contribution is -2.21. The van der Waals surface area contributed by atoms with Gasteiger partial charge in [0.05, 0.1) is 16.8 Å². The van der Waals surface area contributed by atoms with E-state index in [1.54, 1.807) is 31.2 Å². The molecule has 5 aromatic rings. The molecule has 2 amide bonds. The van der Waals surface area contributed by atoms with Gasteiger partial charge in [0.25, 0.3) is 5.91 Å². The number of primary amides is 1. The van der Waals surface area contributed by atoms with Crippen LogP contribution in [0.25, 0.3) is 22.7 Å². The van der Waals surface area contributed by atoms with E-state index in [-0.39, 0.29) is 34.0 Å². The molecule has 0 aliphatic rings. The molecule has 0 fully saturated rings. The maximum absolute atomic E-state index is 13.7. The molecule has 2 aromatic carbocycles. The summed E-state index contributed by atoms with van der Waals surface area (Å²) < 4.78 is 44.4. The number of carbonyl (C=O) groups excluding carboxylic acids is 2. The van der Waals surface area contributed by atoms with Gasteiger partial charge in [0, 0.05) is 30.1 Å². The third kappa shape index (κ3) is 4.74. The van der Waals surface area contributed by atoms with E-state index in [4.69, 9.17) is 5.73 Å². The Balaban J connectivity index is 1.56. The Hall–Kier alpha value is -5.27. The van der Waals surface area contributed by atoms with E-state index in [1.165, 1.54) is 40.6 Å². The average Bonchev–Trinajstić information content (AvgIpc) is 3.43. The third-order valence-corrected chi connectivity index (χ3v) is 5.88. The van der Waals surface area contributed by atoms with E-state index in [9.17, 15) is 27.6 Å². The summed E-state index contributed by atoms with van der Waals surface area (Å²) in [7, 11) is 1.53. The molecule has 0 spiro atoms. The minimum atomic E-state index is -4.77. The molecule has 3 N–H and O–H groups in total. The summed E-state index contributed by atoms with van der Waals surface area (Å²) in [5.41, 5.74) is 4.53. The van der Waals surface area contributed by atoms with Crippen LogP contribution in [0.5, 0.6) is 0 Å². The minimum absolute atomic E-state index is 0.0564. The first-order chi connectivity index (χ1) is 18.4. The van der Waals surface area contributed by atoms with Crippen LogP contribution in [0.1, 0.15) is 32.1 Å². The van der Waals surface area contributed by atoms with E-state index in [0.717, 1.165) is 10.7 Å². The second kappa shape index (κ2) is 9.24. The first kappa shape index (κ1) is 25.4. The number of aromatic nitrogens is 6. The lowest BCUT2D eigenvalue weighted by molar-refractivity contribution is -0.137. The van der Waals surface area contributed by atoms with Gasteiger partial charge in [-0.25, -0.2) is 23.5 Å². The van der Waals surface area contributed by atoms with Crippen LogP contribution >= 0.6 is 0 Å². The van der Waals surface area contributed by atoms with E-state index in [1.807, 2.05) is 0 Å². The molecule has 5 rings (SSSR count). The van der Waals surface area contributed by atoms with Gasteiger partial charge in [-0.2, -0.15) is 18.3 Å². The largest absolute Gasteiger partial charge is 0.417 e. The second-order valence-corrected chi connectivity index (χ2v) is 8.58. The average molecular weight is 536 g/mol. The van der Waals surface area contributed by atoms with Crippen LogP contribution < -0.4 is 16.7 Å². The lowest BCUT2D eigenvalue weighted by atomic mass is 10.1. The molecule has 0 saturated carbocycles. The molecule has 198 valence electrons. The highest BCUT2D eigenvalue weighted by atomic mass is 19.4. The van der Waals surface area contributed by atoms with Gasteiger partial charge in [0.2, 0.25) is 5.91 Å². The number of fused-ring (bicyclic) bond motifs is 1. The molecular weight excluding hydrogens is 517 g/mol. The summed E-state index contributed by atoms with van der Waals surface area (Å²) in [6.07, 6.45) is -4.03. The summed E-state index contributed by atoms with van der Waals surface area (Å²) in [4.78, 5) is 41.2. The molecular formula is C25H19F3N8O3. The fourth-order valence-corrected chi connectivity index (χ4v) is 4.02. The summed E-state index contributed by atoms with van der Waals surface area (Å²) in [6.45, 7) is 1.67. The number of nitrogens with zero attached hydrogens (tertiary/aromatic N) is 6. The molecule has 0 radical (unpaired) electrons. The van der Waals surface area contributed by atoms with E-state index in [2.05, 4.69) is 20.5 Å². The molecule has 14 heteroatoms. The minimum Gasteiger partial charge on any atom is -0.366 e. The third-order valence-electron chi connectivity index (χ3n) is 5.88. The quantitative estimate of drug-likeness (QED) is 0.354. The van der Waals surface area contributed by atoms with Crippen LogP contribution in [0.15, 0.2) is 65.6 Å². The van der Waals surface area contributed by atoms with Gasteiger partial charge in [-0.15, -0.1) is 5.10 Å². The maximum Gasteiger partial charge on any atom is 0.417 e. The Morgan fingerprint density at radius 1 is 1.03 bits per heavy atom. The number of amides is 2. The van der Waals surface area contributed by atoms with Crippen molar-refractivity contribution in [2.24, 2.45) is 12.8 Å². The number of nitrogens with one attached hydrogen (secondary N) is 1. The van der Waals surface area contributed by atoms with Gasteiger partial charge in [0.15, 0.2) is 11.5 Å². The van der Waals surface area contributed by atoms with Gasteiger partial charge in [-0.1, -0.05) is 6.07 Å². The van der Waals surface area contributed by atoms with Crippen molar-refractivity contribution < 1.29 is 22.8 Å². The van der Waals surface area contributed by atoms with Crippen LogP contribution in [-0.2, 0) is 13.2 Å². The zero-order chi connectivity index (χ0) is 28.1. The Morgan fingerprint density at radius 3 is 2.36 bits per heavy atom. The Kier molecular flexibility index (Phi) is 6.01. The van der Waals surface area contributed by atoms with Crippen molar-refractivity contribution in [3.05, 3.63) is 93.8 Å². The van der Waals surface area contributed by atoms with Crippen molar-refractivity contribution in [3.63, 3.8) is 0 Å². The van der Waals surface area contributed by atoms with Crippen LogP contribution in [0, 0.1) is 6.92 Å². The molecule has 0 bridgehead atoms. The van der Waals surface area contributed by atoms with Crippen molar-refractivity contribution in [1.29, 1.82) is 0 Å². The summed E-state index contributed by atoms with van der Waals surface area (Å²) in [6, 6.07) is 12.8. The molecule has 39 heavy (non-hydrogen) atoms. The van der Waals surface area contributed by atoms with E-state index >= 15 is 0 Å². The number of pyridine rings is 1. The van der Waals surface area contributed by atoms with E-state index < -0.39 is 23.6 Å². The zero-order valence-corrected chi connectivity index (χ0v) is 20.4. The fraction of sp³-hybridized carbons (Fsp3) is 0.120. The molecule has 0 saturated heterocycles. The molecule has 0 atom stereocenters. The molecule has 0 aliphatic heterocycles. The standard InChI is InChI=1S/C25H19F3N8O3/c1-13-32-34(2)24(39)36(13)18-8-6-14(7-9-18)21-31-22-19(11-16(25(26,27)28)12-35(22)33-21)23(38)30-17-5-3-4-15(10-17)20(29)37/h3-12H,1-2H3,(H2,29,37)(H,30,38). The van der Waals surface area contributed by atoms with Gasteiger partial charge < -0.3 is 11.1 Å². The first-order valence-corrected chi connectivity index (χ1v) is 11.3. The van der Waals surface area contributed by atoms with Gasteiger partial charge in [-0.3, -0.25) is 9.59 Å². The molecule has 3 aromatic heterocycles. The van der Waals surface area contributed by atoms with Crippen LogP contribution in [0.4, 0.5) is 18.9 Å². The van der Waals surface area contributed by atoms with Crippen molar-refractivity contribution in [2.45, 2.75) is 13.1 Å². The van der Waals surface area contributed by atoms with Crippen molar-refractivity contribution in [1.82, 2.24) is 28.9 Å². The highest BCUT2D eigenvalue weighted by Crippen LogP contribution is 2.31. The van der Waals surface area contributed by atoms with Crippen molar-refractivity contribution in [2.75, 3.05) is 5.32 Å². The molecule has 11 nitrogen and oxygen atoms in total. The van der Waals surface area contributed by atoms with Gasteiger partial charge >= 0.3 is 11.9 Å². The highest BCUT2D eigenvalue weighted by molar-refractivity contribution is 6.09. The van der Waals surface area contributed by atoms with Crippen LogP contribution in [-0.4, -0.2) is 40.8 Å². The fourth-order valence-electron chi connectivity index (χ4n) is 4.02. The lowest BCUT2D eigenvalue weighted by Gasteiger charge is -2.11.